The van der Waals surface area contributed by atoms with Crippen LogP contribution in [0.2, 0.25) is 0 Å². The second-order valence-electron chi connectivity index (χ2n) is 9.17. The number of anilines is 1. The van der Waals surface area contributed by atoms with Crippen molar-refractivity contribution >= 4 is 28.9 Å². The average molecular weight is 504 g/mol. The Kier molecular flexibility index (Phi) is 6.18. The molecule has 2 N–H and O–H groups in total. The molecule has 8 nitrogen and oxygen atoms in total. The largest absolute Gasteiger partial charge is 0.398 e. The number of nitrogens with two attached hydrogens (primary N) is 1. The van der Waals surface area contributed by atoms with Crippen LogP contribution < -0.4 is 5.73 Å². The van der Waals surface area contributed by atoms with Crippen LogP contribution in [0.25, 0.3) is 16.6 Å². The first kappa shape index (κ1) is 23.9. The number of nitrogens with zero attached hydrogens (tertiary/aromatic N) is 6. The first-order valence-corrected chi connectivity index (χ1v) is 12.5. The molecule has 1 amide bonds. The van der Waals surface area contributed by atoms with Gasteiger partial charge in [0.2, 0.25) is 5.91 Å². The molecule has 1 aliphatic heterocycles. The number of rotatable bonds is 4. The predicted octanol–water partition coefficient (Wildman–Crippen LogP) is 4.82. The molecule has 4 aromatic rings. The summed E-state index contributed by atoms with van der Waals surface area (Å²) in [5.74, 6) is -0.292. The van der Waals surface area contributed by atoms with Gasteiger partial charge in [0.25, 0.3) is 0 Å². The minimum Gasteiger partial charge on any atom is -0.398 e. The summed E-state index contributed by atoms with van der Waals surface area (Å²) in [6.07, 6.45) is 6.98. The lowest BCUT2D eigenvalue weighted by Gasteiger charge is -2.37. The van der Waals surface area contributed by atoms with Crippen LogP contribution in [-0.2, 0) is 4.79 Å². The van der Waals surface area contributed by atoms with Crippen LogP contribution in [0.15, 0.2) is 52.6 Å². The van der Waals surface area contributed by atoms with Crippen LogP contribution >= 0.6 is 11.8 Å². The van der Waals surface area contributed by atoms with E-state index in [2.05, 4.69) is 22.8 Å². The van der Waals surface area contributed by atoms with Crippen LogP contribution in [0, 0.1) is 24.1 Å². The van der Waals surface area contributed by atoms with Crippen molar-refractivity contribution < 1.29 is 9.18 Å². The topological polar surface area (TPSA) is 105 Å². The SMILES string of the molecule is CC(=O)N1CC[C@H](n2ncc(-c3cc(Sc4ccc(F)cc4N)c4c(C#N)cnn4c3)c2C)C[C@@H]1C. The minimum absolute atomic E-state index is 0.106. The third kappa shape index (κ3) is 4.20. The van der Waals surface area contributed by atoms with E-state index in [0.717, 1.165) is 34.6 Å². The predicted molar refractivity (Wildman–Crippen MR) is 136 cm³/mol. The maximum absolute atomic E-state index is 13.6. The molecule has 1 fully saturated rings. The molecule has 36 heavy (non-hydrogen) atoms. The van der Waals surface area contributed by atoms with E-state index in [-0.39, 0.29) is 18.0 Å². The lowest BCUT2D eigenvalue weighted by Crippen LogP contribution is -2.44. The first-order valence-electron chi connectivity index (χ1n) is 11.7. The van der Waals surface area contributed by atoms with Gasteiger partial charge in [0.05, 0.1) is 29.5 Å². The Labute approximate surface area is 212 Å². The lowest BCUT2D eigenvalue weighted by atomic mass is 9.98. The summed E-state index contributed by atoms with van der Waals surface area (Å²) in [4.78, 5) is 15.3. The Morgan fingerprint density at radius 2 is 2.06 bits per heavy atom. The Bertz CT molecular complexity index is 1520. The van der Waals surface area contributed by atoms with Gasteiger partial charge in [0.15, 0.2) is 0 Å². The van der Waals surface area contributed by atoms with Gasteiger partial charge in [0, 0.05) is 58.0 Å². The number of fused-ring (bicyclic) bond motifs is 1. The number of aromatic nitrogens is 4. The van der Waals surface area contributed by atoms with E-state index in [1.807, 2.05) is 30.3 Å². The number of hydrogen-bond donors (Lipinski definition) is 1. The van der Waals surface area contributed by atoms with Crippen LogP contribution in [0.3, 0.4) is 0 Å². The molecule has 5 rings (SSSR count). The summed E-state index contributed by atoms with van der Waals surface area (Å²) in [6, 6.07) is 8.86. The van der Waals surface area contributed by atoms with Crippen LogP contribution in [0.4, 0.5) is 10.1 Å². The maximum Gasteiger partial charge on any atom is 0.219 e. The molecule has 2 atom stereocenters. The van der Waals surface area contributed by atoms with Crippen molar-refractivity contribution in [3.8, 4) is 17.2 Å². The van der Waals surface area contributed by atoms with Gasteiger partial charge < -0.3 is 10.6 Å². The molecule has 0 aliphatic carbocycles. The maximum atomic E-state index is 13.6. The van der Waals surface area contributed by atoms with Crippen LogP contribution in [-0.4, -0.2) is 42.8 Å². The Morgan fingerprint density at radius 1 is 1.25 bits per heavy atom. The summed E-state index contributed by atoms with van der Waals surface area (Å²) in [7, 11) is 0. The number of benzene rings is 1. The van der Waals surface area contributed by atoms with E-state index >= 15 is 0 Å². The molecule has 1 saturated heterocycles. The molecule has 0 spiro atoms. The third-order valence-corrected chi connectivity index (χ3v) is 7.97. The zero-order valence-corrected chi connectivity index (χ0v) is 21.1. The van der Waals surface area contributed by atoms with E-state index in [4.69, 9.17) is 10.8 Å². The summed E-state index contributed by atoms with van der Waals surface area (Å²) in [5.41, 5.74) is 10.4. The fourth-order valence-electron chi connectivity index (χ4n) is 5.03. The number of halogens is 1. The number of likely N-dealkylation sites (tertiary alicyclic amines) is 1. The summed E-state index contributed by atoms with van der Waals surface area (Å²) in [5, 5.41) is 18.8. The molecular formula is C26H26FN7OS. The number of hydrogen-bond acceptors (Lipinski definition) is 6. The normalized spacial score (nSPS) is 17.9. The standard InChI is InChI=1S/C26H26FN7OS/c1-15-8-21(6-7-32(15)17(3)35)34-16(2)22(13-31-34)18-9-25(26-19(11-28)12-30-33(26)14-18)36-24-5-4-20(27)10-23(24)29/h4-5,9-10,12-15,21H,6-8,29H2,1-3H3/t15-,21-/m0/s1. The molecule has 4 heterocycles. The second-order valence-corrected chi connectivity index (χ2v) is 10.3. The van der Waals surface area contributed by atoms with Gasteiger partial charge in [0.1, 0.15) is 11.9 Å². The number of carbonyl (C=O) groups excluding carboxylic acids is 1. The third-order valence-electron chi connectivity index (χ3n) is 6.84. The van der Waals surface area contributed by atoms with Gasteiger partial charge in [-0.25, -0.2) is 8.91 Å². The first-order chi connectivity index (χ1) is 17.3. The average Bonchev–Trinajstić information content (AvgIpc) is 3.43. The number of carbonyl (C=O) groups is 1. The van der Waals surface area contributed by atoms with Crippen molar-refractivity contribution in [2.45, 2.75) is 55.5 Å². The smallest absolute Gasteiger partial charge is 0.219 e. The number of piperidine rings is 1. The molecule has 0 unspecified atom stereocenters. The summed E-state index contributed by atoms with van der Waals surface area (Å²) < 4.78 is 17.4. The molecule has 0 bridgehead atoms. The lowest BCUT2D eigenvalue weighted by molar-refractivity contribution is -0.132. The highest BCUT2D eigenvalue weighted by molar-refractivity contribution is 7.99. The highest BCUT2D eigenvalue weighted by atomic mass is 32.2. The molecule has 1 aliphatic rings. The molecule has 1 aromatic carbocycles. The second kappa shape index (κ2) is 9.32. The Hall–Kier alpha value is -3.84. The molecule has 184 valence electrons. The molecule has 10 heteroatoms. The van der Waals surface area contributed by atoms with Gasteiger partial charge in [-0.15, -0.1) is 0 Å². The number of pyridine rings is 1. The monoisotopic (exact) mass is 503 g/mol. The fourth-order valence-corrected chi connectivity index (χ4v) is 6.07. The van der Waals surface area contributed by atoms with Crippen molar-refractivity contribution in [3.63, 3.8) is 0 Å². The number of amides is 1. The van der Waals surface area contributed by atoms with Crippen LogP contribution in [0.5, 0.6) is 0 Å². The highest BCUT2D eigenvalue weighted by Crippen LogP contribution is 2.39. The summed E-state index contributed by atoms with van der Waals surface area (Å²) >= 11 is 1.37. The Morgan fingerprint density at radius 3 is 2.75 bits per heavy atom. The van der Waals surface area contributed by atoms with E-state index in [1.165, 1.54) is 30.1 Å². The minimum atomic E-state index is -0.399. The van der Waals surface area contributed by atoms with E-state index < -0.39 is 5.82 Å². The van der Waals surface area contributed by atoms with Crippen molar-refractivity contribution in [1.82, 2.24) is 24.3 Å². The number of nitriles is 1. The molecule has 0 saturated carbocycles. The quantitative estimate of drug-likeness (QED) is 0.400. The van der Waals surface area contributed by atoms with E-state index in [1.54, 1.807) is 17.5 Å². The highest BCUT2D eigenvalue weighted by Gasteiger charge is 2.29. The number of nitrogen functional groups attached to an aromatic ring is 1. The van der Waals surface area contributed by atoms with Gasteiger partial charge in [-0.3, -0.25) is 9.48 Å². The molecule has 0 radical (unpaired) electrons. The molecular weight excluding hydrogens is 477 g/mol. The van der Waals surface area contributed by atoms with Crippen molar-refractivity contribution in [2.75, 3.05) is 12.3 Å². The zero-order valence-electron chi connectivity index (χ0n) is 20.3. The van der Waals surface area contributed by atoms with Gasteiger partial charge >= 0.3 is 0 Å². The summed E-state index contributed by atoms with van der Waals surface area (Å²) in [6.45, 7) is 6.46. The van der Waals surface area contributed by atoms with Gasteiger partial charge in [-0.2, -0.15) is 15.5 Å². The fraction of sp³-hybridized carbons (Fsp3) is 0.308. The van der Waals surface area contributed by atoms with E-state index in [0.29, 0.717) is 28.2 Å². The van der Waals surface area contributed by atoms with Crippen molar-refractivity contribution in [2.24, 2.45) is 0 Å². The van der Waals surface area contributed by atoms with Gasteiger partial charge in [-0.1, -0.05) is 11.8 Å². The molecule has 3 aromatic heterocycles. The van der Waals surface area contributed by atoms with Crippen molar-refractivity contribution in [3.05, 3.63) is 59.9 Å². The van der Waals surface area contributed by atoms with Gasteiger partial charge in [-0.05, 0) is 51.0 Å². The zero-order chi connectivity index (χ0) is 25.6. The van der Waals surface area contributed by atoms with E-state index in [9.17, 15) is 14.4 Å². The Balaban J connectivity index is 1.54. The van der Waals surface area contributed by atoms with Crippen molar-refractivity contribution in [1.29, 1.82) is 5.26 Å². The van der Waals surface area contributed by atoms with Crippen LogP contribution in [0.1, 0.15) is 44.0 Å².